The van der Waals surface area contributed by atoms with Gasteiger partial charge in [0.15, 0.2) is 0 Å². The van der Waals surface area contributed by atoms with E-state index in [1.165, 1.54) is 23.4 Å². The number of aryl methyl sites for hydroxylation is 2. The lowest BCUT2D eigenvalue weighted by Crippen LogP contribution is -2.29. The highest BCUT2D eigenvalue weighted by Crippen LogP contribution is 2.35. The number of nitrogens with zero attached hydrogens (tertiary/aromatic N) is 7. The standard InChI is InChI=1S/2C21H19ClN4O3S.C20H16Cl2N4O3S.C19H18N4O3S/c2*1-14-2-9-20(23-13-14)18-12-16(5-8-19(18)22)25-21(27)15-3-6-17(7-4-15)26-11-10-24-30(26,28)29;21-14-3-8-19(23-12-14)17-11-15(4-7-18(17)22)25-20(27)13-1-5-16(6-2-13)26-10-9-24-30(26,28)29;20-17-5-1-4-16-15(17)3-2-6-18(16)22-19(24)13-7-9-14(10-8-13)23-12-11-21-27(23,25)26/h2*2-9,12-13,24H,10-11H2,1H3,(H,25,27);1-8,11-12,24H,9-10H2,(H,25,27);1-10,21H,11-12,20H2,(H,22,24). The van der Waals surface area contributed by atoms with Gasteiger partial charge in [-0.05, 0) is 213 Å². The fraction of sp³-hybridized carbons (Fsp3) is 0.123. The van der Waals surface area contributed by atoms with Crippen molar-refractivity contribution >= 4 is 173 Å². The van der Waals surface area contributed by atoms with Crippen LogP contribution in [-0.4, -0.2) is 125 Å². The van der Waals surface area contributed by atoms with Crippen LogP contribution in [0.1, 0.15) is 52.6 Å². The Morgan fingerprint density at radius 3 is 0.940 bits per heavy atom. The molecule has 12 aromatic rings. The van der Waals surface area contributed by atoms with Crippen molar-refractivity contribution in [2.24, 2.45) is 0 Å². The monoisotopic (exact) mass is 1730 g/mol. The Bertz CT molecular complexity index is 5780. The smallest absolute Gasteiger partial charge is 0.301 e. The van der Waals surface area contributed by atoms with Gasteiger partial charge in [-0.25, -0.2) is 0 Å². The van der Waals surface area contributed by atoms with Gasteiger partial charge in [0.25, 0.3) is 23.6 Å². The molecule has 0 spiro atoms. The van der Waals surface area contributed by atoms with E-state index in [0.29, 0.717) is 169 Å². The molecule has 0 saturated carbocycles. The van der Waals surface area contributed by atoms with Crippen LogP contribution in [0.25, 0.3) is 44.5 Å². The molecule has 600 valence electrons. The van der Waals surface area contributed by atoms with Gasteiger partial charge in [-0.3, -0.25) is 51.4 Å². The van der Waals surface area contributed by atoms with Crippen molar-refractivity contribution in [3.05, 3.63) is 297 Å². The van der Waals surface area contributed by atoms with Crippen LogP contribution in [0.4, 0.5) is 51.2 Å². The van der Waals surface area contributed by atoms with Crippen LogP contribution < -0.4 is 63.1 Å². The number of hydrogen-bond acceptors (Lipinski definition) is 16. The molecular formula is C81H72Cl4N16O12S4. The SMILES string of the molecule is Cc1ccc(-c2cc(NC(=O)c3ccc(N4CCNS4(=O)=O)cc3)ccc2Cl)nc1.Cc1ccc(-c2cc(NC(=O)c3ccc(N4CCNS4(=O)=O)cc3)ccc2Cl)nc1.Nc1cccc2c(NC(=O)c3ccc(N4CCNS4(=O)=O)cc3)cccc12.O=C(Nc1ccc(Cl)c(-c2ccc(Cl)cn2)c1)c1ccc(N2CCNS2(=O)=O)cc1. The third-order valence-corrected chi connectivity index (χ3v) is 25.9. The number of rotatable bonds is 15. The Kier molecular flexibility index (Phi) is 25.5. The minimum atomic E-state index is -3.50. The van der Waals surface area contributed by atoms with E-state index in [9.17, 15) is 52.8 Å². The van der Waals surface area contributed by atoms with E-state index in [2.05, 4.69) is 55.1 Å². The summed E-state index contributed by atoms with van der Waals surface area (Å²) in [6.07, 6.45) is 5.04. The summed E-state index contributed by atoms with van der Waals surface area (Å²) < 4.78 is 110. The van der Waals surface area contributed by atoms with Crippen molar-refractivity contribution < 1.29 is 52.8 Å². The van der Waals surface area contributed by atoms with Gasteiger partial charge in [-0.2, -0.15) is 52.6 Å². The van der Waals surface area contributed by atoms with Gasteiger partial charge in [0.05, 0.1) is 59.9 Å². The maximum atomic E-state index is 12.6. The molecule has 9 aromatic carbocycles. The molecule has 36 heteroatoms. The maximum Gasteiger partial charge on any atom is 0.301 e. The summed E-state index contributed by atoms with van der Waals surface area (Å²) in [7, 11) is -14.0. The van der Waals surface area contributed by atoms with Crippen LogP contribution in [0.2, 0.25) is 20.1 Å². The average molecular weight is 1730 g/mol. The molecule has 0 unspecified atom stereocenters. The Labute approximate surface area is 695 Å². The highest BCUT2D eigenvalue weighted by Gasteiger charge is 2.32. The molecule has 4 fully saturated rings. The molecular weight excluding hydrogens is 1660 g/mol. The van der Waals surface area contributed by atoms with Crippen molar-refractivity contribution in [1.82, 2.24) is 33.8 Å². The van der Waals surface area contributed by atoms with E-state index in [1.54, 1.807) is 176 Å². The number of nitrogens with one attached hydrogen (secondary N) is 8. The van der Waals surface area contributed by atoms with E-state index >= 15 is 0 Å². The van der Waals surface area contributed by atoms with Crippen LogP contribution in [0.15, 0.2) is 243 Å². The van der Waals surface area contributed by atoms with Gasteiger partial charge in [0.2, 0.25) is 0 Å². The molecule has 3 aromatic heterocycles. The number of halogens is 4. The Morgan fingerprint density at radius 2 is 0.650 bits per heavy atom. The van der Waals surface area contributed by atoms with E-state index in [0.717, 1.165) is 33.0 Å². The summed E-state index contributed by atoms with van der Waals surface area (Å²) in [6.45, 7) is 6.78. The highest BCUT2D eigenvalue weighted by molar-refractivity contribution is 7.92. The first-order chi connectivity index (χ1) is 55.9. The van der Waals surface area contributed by atoms with Gasteiger partial charge in [-0.15, -0.1) is 0 Å². The molecule has 7 heterocycles. The number of amides is 4. The fourth-order valence-corrected chi connectivity index (χ4v) is 18.2. The zero-order chi connectivity index (χ0) is 82.9. The largest absolute Gasteiger partial charge is 0.398 e. The van der Waals surface area contributed by atoms with Crippen LogP contribution >= 0.6 is 46.4 Å². The average Bonchev–Trinajstić information content (AvgIpc) is 1.60. The van der Waals surface area contributed by atoms with Crippen LogP contribution in [0.5, 0.6) is 0 Å². The lowest BCUT2D eigenvalue weighted by atomic mass is 10.1. The van der Waals surface area contributed by atoms with Crippen molar-refractivity contribution in [1.29, 1.82) is 0 Å². The van der Waals surface area contributed by atoms with E-state index < -0.39 is 40.8 Å². The predicted octanol–water partition coefficient (Wildman–Crippen LogP) is 13.5. The van der Waals surface area contributed by atoms with Crippen LogP contribution in [0.3, 0.4) is 0 Å². The Balaban J connectivity index is 0.000000136. The van der Waals surface area contributed by atoms with Gasteiger partial charge in [0.1, 0.15) is 0 Å². The van der Waals surface area contributed by atoms with Gasteiger partial charge in [0, 0.05) is 149 Å². The molecule has 0 atom stereocenters. The lowest BCUT2D eigenvalue weighted by Gasteiger charge is -2.16. The number of hydrogen-bond donors (Lipinski definition) is 9. The minimum absolute atomic E-state index is 0.279. The van der Waals surface area contributed by atoms with E-state index in [1.807, 2.05) is 74.5 Å². The zero-order valence-corrected chi connectivity index (χ0v) is 68.3. The van der Waals surface area contributed by atoms with Gasteiger partial charge < -0.3 is 27.0 Å². The molecule has 10 N–H and O–H groups in total. The molecule has 28 nitrogen and oxygen atoms in total. The molecule has 0 aliphatic carbocycles. The van der Waals surface area contributed by atoms with Crippen molar-refractivity contribution in [3.63, 3.8) is 0 Å². The second kappa shape index (κ2) is 35.9. The zero-order valence-electron chi connectivity index (χ0n) is 62.0. The molecule has 4 saturated heterocycles. The van der Waals surface area contributed by atoms with Crippen LogP contribution in [0, 0.1) is 13.8 Å². The van der Waals surface area contributed by atoms with E-state index in [4.69, 9.17) is 52.1 Å². The van der Waals surface area contributed by atoms with Gasteiger partial charge >= 0.3 is 40.8 Å². The molecule has 4 amide bonds. The second-order valence-electron chi connectivity index (χ2n) is 26.5. The number of benzene rings is 9. The number of anilines is 9. The normalized spacial score (nSPS) is 15.3. The summed E-state index contributed by atoms with van der Waals surface area (Å²) >= 11 is 24.8. The number of aromatic nitrogens is 3. The second-order valence-corrected chi connectivity index (χ2v) is 34.9. The Morgan fingerprint density at radius 1 is 0.350 bits per heavy atom. The number of carbonyl (C=O) groups is 4. The van der Waals surface area contributed by atoms with Crippen LogP contribution in [-0.2, 0) is 40.8 Å². The fourth-order valence-electron chi connectivity index (χ4n) is 12.5. The third kappa shape index (κ3) is 20.1. The maximum absolute atomic E-state index is 12.6. The number of carbonyl (C=O) groups excluding carboxylic acids is 4. The van der Waals surface area contributed by atoms with Crippen molar-refractivity contribution in [2.75, 3.05) is 96.6 Å². The van der Waals surface area contributed by atoms with E-state index in [-0.39, 0.29) is 23.6 Å². The molecule has 0 bridgehead atoms. The summed E-state index contributed by atoms with van der Waals surface area (Å²) in [5.74, 6) is -1.23. The van der Waals surface area contributed by atoms with Crippen molar-refractivity contribution in [2.45, 2.75) is 13.8 Å². The molecule has 4 aliphatic heterocycles. The number of nitrogens with two attached hydrogens (primary N) is 1. The summed E-state index contributed by atoms with van der Waals surface area (Å²) in [4.78, 5) is 63.6. The lowest BCUT2D eigenvalue weighted by molar-refractivity contribution is 0.101. The van der Waals surface area contributed by atoms with Gasteiger partial charge in [-0.1, -0.05) is 82.8 Å². The summed E-state index contributed by atoms with van der Waals surface area (Å²) in [6, 6.07) is 63.4. The number of pyridine rings is 3. The third-order valence-electron chi connectivity index (χ3n) is 18.5. The molecule has 117 heavy (non-hydrogen) atoms. The number of fused-ring (bicyclic) bond motifs is 1. The quantitative estimate of drug-likeness (QED) is 0.0431. The number of nitrogen functional groups attached to an aromatic ring is 1. The topological polar surface area (TPSA) is 379 Å². The first-order valence-corrected chi connectivity index (χ1v) is 43.1. The molecule has 0 radical (unpaired) electrons. The first kappa shape index (κ1) is 83.3. The first-order valence-electron chi connectivity index (χ1n) is 35.8. The highest BCUT2D eigenvalue weighted by atomic mass is 35.5. The minimum Gasteiger partial charge on any atom is -0.398 e. The predicted molar refractivity (Wildman–Crippen MR) is 462 cm³/mol. The molecule has 4 aliphatic rings. The summed E-state index contributed by atoms with van der Waals surface area (Å²) in [5.41, 5.74) is 18.9. The summed E-state index contributed by atoms with van der Waals surface area (Å²) in [5, 5.41) is 15.2. The molecule has 16 rings (SSSR count). The van der Waals surface area contributed by atoms with Crippen molar-refractivity contribution in [3.8, 4) is 33.8 Å². The Hall–Kier alpha value is -11.6.